The second-order valence-electron chi connectivity index (χ2n) is 5.81. The Morgan fingerprint density at radius 1 is 1.19 bits per heavy atom. The average molecular weight is 366 g/mol. The molecule has 8 heteroatoms. The number of nitrogens with one attached hydrogen (secondary N) is 2. The summed E-state index contributed by atoms with van der Waals surface area (Å²) in [5.74, 6) is -0.520. The summed E-state index contributed by atoms with van der Waals surface area (Å²) in [7, 11) is -1.60. The molecule has 2 aromatic carbocycles. The zero-order valence-corrected chi connectivity index (χ0v) is 14.5. The molecule has 4 rings (SSSR count). The van der Waals surface area contributed by atoms with Gasteiger partial charge in [-0.25, -0.2) is 8.89 Å². The smallest absolute Gasteiger partial charge is 0.258 e. The van der Waals surface area contributed by atoms with Gasteiger partial charge in [-0.15, -0.1) is 0 Å². The normalized spacial score (nSPS) is 16.4. The second-order valence-corrected chi connectivity index (χ2v) is 6.97. The summed E-state index contributed by atoms with van der Waals surface area (Å²) in [6.45, 7) is 1.47. The monoisotopic (exact) mass is 366 g/mol. The third-order valence-electron chi connectivity index (χ3n) is 3.93. The molecule has 1 aliphatic heterocycles. The molecule has 0 saturated carbocycles. The number of rotatable bonds is 3. The first-order valence-corrected chi connectivity index (χ1v) is 8.96. The van der Waals surface area contributed by atoms with Gasteiger partial charge in [0.05, 0.1) is 11.7 Å². The second kappa shape index (κ2) is 6.23. The number of anilines is 1. The van der Waals surface area contributed by atoms with Gasteiger partial charge in [0, 0.05) is 24.1 Å². The molecule has 1 unspecified atom stereocenters. The van der Waals surface area contributed by atoms with Gasteiger partial charge >= 0.3 is 0 Å². The van der Waals surface area contributed by atoms with Gasteiger partial charge in [0.1, 0.15) is 0 Å². The van der Waals surface area contributed by atoms with E-state index in [1.54, 1.807) is 6.20 Å². The van der Waals surface area contributed by atoms with Crippen molar-refractivity contribution in [3.63, 3.8) is 0 Å². The van der Waals surface area contributed by atoms with E-state index >= 15 is 0 Å². The predicted octanol–water partition coefficient (Wildman–Crippen LogP) is 2.25. The van der Waals surface area contributed by atoms with Crippen LogP contribution in [0.25, 0.3) is 27.1 Å². The number of benzene rings is 2. The predicted molar refractivity (Wildman–Crippen MR) is 100 cm³/mol. The fraction of sp³-hybridized carbons (Fsp3) is 0.0556. The fourth-order valence-electron chi connectivity index (χ4n) is 2.85. The Bertz CT molecular complexity index is 1120. The fourth-order valence-corrected chi connectivity index (χ4v) is 3.71. The van der Waals surface area contributed by atoms with Crippen LogP contribution in [0.15, 0.2) is 54.7 Å². The Hall–Kier alpha value is -3.26. The van der Waals surface area contributed by atoms with E-state index in [1.165, 1.54) is 17.7 Å². The van der Waals surface area contributed by atoms with Crippen molar-refractivity contribution in [2.24, 2.45) is 0 Å². The summed E-state index contributed by atoms with van der Waals surface area (Å²) >= 11 is 0. The van der Waals surface area contributed by atoms with E-state index in [1.807, 2.05) is 42.5 Å². The summed E-state index contributed by atoms with van der Waals surface area (Å²) in [5, 5.41) is 8.19. The van der Waals surface area contributed by atoms with Crippen LogP contribution < -0.4 is 10.0 Å². The molecular formula is C18H14N4O3S. The van der Waals surface area contributed by atoms with Gasteiger partial charge < -0.3 is 5.32 Å². The van der Waals surface area contributed by atoms with Crippen molar-refractivity contribution in [2.75, 3.05) is 5.32 Å². The van der Waals surface area contributed by atoms with Crippen LogP contribution >= 0.6 is 0 Å². The molecular weight excluding hydrogens is 352 g/mol. The van der Waals surface area contributed by atoms with E-state index in [4.69, 9.17) is 0 Å². The van der Waals surface area contributed by atoms with Gasteiger partial charge in [0.2, 0.25) is 5.91 Å². The Labute approximate surface area is 151 Å². The summed E-state index contributed by atoms with van der Waals surface area (Å²) in [6, 6.07) is 13.3. The molecule has 0 radical (unpaired) electrons. The summed E-state index contributed by atoms with van der Waals surface area (Å²) in [5.41, 5.74) is 3.39. The van der Waals surface area contributed by atoms with E-state index in [-0.39, 0.29) is 5.91 Å². The highest BCUT2D eigenvalue weighted by Gasteiger charge is 2.23. The Balaban J connectivity index is 1.74. The first kappa shape index (κ1) is 16.2. The quantitative estimate of drug-likeness (QED) is 0.744. The van der Waals surface area contributed by atoms with Crippen LogP contribution in [0.3, 0.4) is 0 Å². The lowest BCUT2D eigenvalue weighted by molar-refractivity contribution is -0.115. The van der Waals surface area contributed by atoms with Crippen molar-refractivity contribution in [3.05, 3.63) is 54.7 Å². The first-order valence-electron chi connectivity index (χ1n) is 7.81. The Morgan fingerprint density at radius 3 is 2.73 bits per heavy atom. The van der Waals surface area contributed by atoms with Crippen LogP contribution in [0.5, 0.6) is 0 Å². The molecule has 0 saturated heterocycles. The van der Waals surface area contributed by atoms with Crippen LogP contribution in [-0.4, -0.2) is 25.8 Å². The maximum atomic E-state index is 12.0. The van der Waals surface area contributed by atoms with Gasteiger partial charge in [-0.1, -0.05) is 18.2 Å². The Morgan fingerprint density at radius 2 is 2.00 bits per heavy atom. The molecule has 1 atom stereocenters. The number of fused-ring (bicyclic) bond motifs is 1. The molecule has 7 nitrogen and oxygen atoms in total. The molecule has 0 bridgehead atoms. The van der Waals surface area contributed by atoms with Crippen LogP contribution in [0.1, 0.15) is 6.92 Å². The summed E-state index contributed by atoms with van der Waals surface area (Å²) in [4.78, 5) is 22.6. The number of nitrogens with zero attached hydrogens (tertiary/aromatic N) is 2. The van der Waals surface area contributed by atoms with E-state index in [0.29, 0.717) is 5.03 Å². The number of amides is 2. The molecule has 26 heavy (non-hydrogen) atoms. The average Bonchev–Trinajstić information content (AvgIpc) is 3.16. The molecule has 3 aromatic rings. The molecule has 0 aliphatic carbocycles. The maximum Gasteiger partial charge on any atom is 0.258 e. The first-order chi connectivity index (χ1) is 12.5. The van der Waals surface area contributed by atoms with E-state index in [2.05, 4.69) is 15.1 Å². The van der Waals surface area contributed by atoms with Gasteiger partial charge in [0.25, 0.3) is 5.91 Å². The SMILES string of the molecule is CC(=O)Nc1cccc(-c2ccc3c(cnn3C3=CC(=O)NS3=O)c2)c1. The van der Waals surface area contributed by atoms with E-state index in [0.717, 1.165) is 27.7 Å². The minimum atomic E-state index is -1.60. The molecule has 0 fully saturated rings. The summed E-state index contributed by atoms with van der Waals surface area (Å²) in [6.07, 6.45) is 2.95. The number of hydrogen-bond donors (Lipinski definition) is 2. The zero-order chi connectivity index (χ0) is 18.3. The van der Waals surface area contributed by atoms with Crippen LogP contribution in [-0.2, 0) is 20.6 Å². The number of aromatic nitrogens is 2. The van der Waals surface area contributed by atoms with Crippen molar-refractivity contribution in [1.82, 2.24) is 14.5 Å². The van der Waals surface area contributed by atoms with Crippen molar-refractivity contribution >= 4 is 44.4 Å². The third kappa shape index (κ3) is 2.91. The van der Waals surface area contributed by atoms with E-state index in [9.17, 15) is 13.8 Å². The highest BCUT2D eigenvalue weighted by atomic mass is 32.2. The number of carbonyl (C=O) groups is 2. The molecule has 130 valence electrons. The topological polar surface area (TPSA) is 93.1 Å². The van der Waals surface area contributed by atoms with Gasteiger partial charge in [-0.2, -0.15) is 5.10 Å². The minimum absolute atomic E-state index is 0.125. The lowest BCUT2D eigenvalue weighted by Gasteiger charge is -2.07. The third-order valence-corrected chi connectivity index (χ3v) is 4.99. The lowest BCUT2D eigenvalue weighted by Crippen LogP contribution is -2.17. The minimum Gasteiger partial charge on any atom is -0.326 e. The van der Waals surface area contributed by atoms with Crippen molar-refractivity contribution in [2.45, 2.75) is 6.92 Å². The van der Waals surface area contributed by atoms with E-state index < -0.39 is 16.9 Å². The largest absolute Gasteiger partial charge is 0.326 e. The van der Waals surface area contributed by atoms with Gasteiger partial charge in [0.15, 0.2) is 16.0 Å². The standard InChI is InChI=1S/C18H14N4O3S/c1-11(23)20-15-4-2-3-12(8-15)13-5-6-16-14(7-13)10-19-22(16)18-9-17(24)21-26(18)25/h2-10H,1H3,(H,20,23)(H,21,24). The number of hydrogen-bond acceptors (Lipinski definition) is 4. The zero-order valence-electron chi connectivity index (χ0n) is 13.7. The van der Waals surface area contributed by atoms with Crippen molar-refractivity contribution in [1.29, 1.82) is 0 Å². The molecule has 2 amide bonds. The highest BCUT2D eigenvalue weighted by Crippen LogP contribution is 2.28. The van der Waals surface area contributed by atoms with Crippen LogP contribution in [0.2, 0.25) is 0 Å². The van der Waals surface area contributed by atoms with Crippen LogP contribution in [0, 0.1) is 0 Å². The molecule has 2 heterocycles. The van der Waals surface area contributed by atoms with Crippen molar-refractivity contribution < 1.29 is 13.8 Å². The highest BCUT2D eigenvalue weighted by molar-refractivity contribution is 7.93. The molecule has 1 aromatic heterocycles. The van der Waals surface area contributed by atoms with Gasteiger partial charge in [-0.05, 0) is 35.4 Å². The maximum absolute atomic E-state index is 12.0. The van der Waals surface area contributed by atoms with Crippen LogP contribution in [0.4, 0.5) is 5.69 Å². The lowest BCUT2D eigenvalue weighted by atomic mass is 10.0. The Kier molecular flexibility index (Phi) is 3.89. The number of carbonyl (C=O) groups excluding carboxylic acids is 2. The van der Waals surface area contributed by atoms with Gasteiger partial charge in [-0.3, -0.25) is 14.3 Å². The molecule has 2 N–H and O–H groups in total. The van der Waals surface area contributed by atoms with Crippen molar-refractivity contribution in [3.8, 4) is 11.1 Å². The molecule has 0 spiro atoms. The summed E-state index contributed by atoms with van der Waals surface area (Å²) < 4.78 is 15.8. The molecule has 1 aliphatic rings.